The SMILES string of the molecule is CCCCCc1oc(CCCCCCCCC(=O)O[C@H](COC(=O)CCC/C=C\C/C=C\C/C=C\C/C=C\CC[C@@H](O)CC)COP(=O)([O-])OCC[N+](C)(C)C)c(C)c1C. The number of allylic oxidation sites excluding steroid dienone is 8. The molecular weight excluding hydrogens is 781 g/mol. The van der Waals surface area contributed by atoms with Crippen LogP contribution >= 0.6 is 7.82 Å². The van der Waals surface area contributed by atoms with Crippen LogP contribution in [-0.4, -0.2) is 81.2 Å². The summed E-state index contributed by atoms with van der Waals surface area (Å²) in [6.07, 6.45) is 33.5. The zero-order valence-corrected chi connectivity index (χ0v) is 39.4. The molecular formula is C48H82NO10P. The number of aliphatic hydroxyl groups is 1. The maximum atomic E-state index is 12.8. The Bertz CT molecular complexity index is 1460. The van der Waals surface area contributed by atoms with Crippen molar-refractivity contribution in [1.29, 1.82) is 0 Å². The summed E-state index contributed by atoms with van der Waals surface area (Å²) in [5.41, 5.74) is 2.58. The number of nitrogens with zero attached hydrogens (tertiary/aromatic N) is 1. The van der Waals surface area contributed by atoms with Crippen molar-refractivity contribution in [2.24, 2.45) is 0 Å². The van der Waals surface area contributed by atoms with Gasteiger partial charge in [-0.25, -0.2) is 0 Å². The minimum absolute atomic E-state index is 0.0561. The number of esters is 2. The largest absolute Gasteiger partial charge is 0.756 e. The van der Waals surface area contributed by atoms with E-state index in [-0.39, 0.29) is 32.2 Å². The average Bonchev–Trinajstić information content (AvgIpc) is 3.46. The number of quaternary nitrogens is 1. The molecule has 1 aromatic rings. The standard InChI is InChI=1S/C48H82NO10P/c1-8-10-27-33-45-41(3)42(4)46(59-45)34-29-24-21-22-26-31-36-48(52)58-44(40-57-60(53,54)56-38-37-49(5,6)7)39-55-47(51)35-30-25-20-18-16-14-12-11-13-15-17-19-23-28-32-43(50)9-2/h12-15,18-20,23,43-44,50H,8-11,16-17,21-22,24-40H2,1-7H3/b14-12-,15-13-,20-18-,23-19-/t43-,44+/m0/s1. The first-order chi connectivity index (χ1) is 28.7. The fourth-order valence-corrected chi connectivity index (χ4v) is 6.89. The number of likely N-dealkylation sites (N-methyl/N-ethyl adjacent to an activating group) is 1. The normalized spacial score (nSPS) is 14.5. The molecule has 1 unspecified atom stereocenters. The second kappa shape index (κ2) is 33.8. The van der Waals surface area contributed by atoms with Gasteiger partial charge in [-0.1, -0.05) is 101 Å². The van der Waals surface area contributed by atoms with Crippen molar-refractivity contribution in [1.82, 2.24) is 0 Å². The molecule has 11 nitrogen and oxygen atoms in total. The van der Waals surface area contributed by atoms with Crippen LogP contribution in [0.25, 0.3) is 0 Å². The zero-order valence-electron chi connectivity index (χ0n) is 38.5. The Morgan fingerprint density at radius 3 is 1.83 bits per heavy atom. The maximum Gasteiger partial charge on any atom is 0.306 e. The molecule has 12 heteroatoms. The van der Waals surface area contributed by atoms with Gasteiger partial charge in [0, 0.05) is 25.7 Å². The van der Waals surface area contributed by atoms with Crippen molar-refractivity contribution in [2.75, 3.05) is 47.5 Å². The first-order valence-electron chi connectivity index (χ1n) is 22.8. The molecule has 0 aliphatic rings. The van der Waals surface area contributed by atoms with E-state index in [0.717, 1.165) is 95.0 Å². The summed E-state index contributed by atoms with van der Waals surface area (Å²) in [5, 5.41) is 9.57. The van der Waals surface area contributed by atoms with Crippen LogP contribution in [0.5, 0.6) is 0 Å². The predicted octanol–water partition coefficient (Wildman–Crippen LogP) is 10.7. The van der Waals surface area contributed by atoms with Crippen molar-refractivity contribution in [3.05, 3.63) is 71.3 Å². The topological polar surface area (TPSA) is 145 Å². The molecule has 0 aliphatic heterocycles. The lowest BCUT2D eigenvalue weighted by molar-refractivity contribution is -0.870. The van der Waals surface area contributed by atoms with Crippen LogP contribution in [0.1, 0.15) is 158 Å². The molecule has 344 valence electrons. The molecule has 0 saturated carbocycles. The van der Waals surface area contributed by atoms with E-state index in [4.69, 9.17) is 22.9 Å². The Morgan fingerprint density at radius 1 is 0.717 bits per heavy atom. The highest BCUT2D eigenvalue weighted by molar-refractivity contribution is 7.45. The van der Waals surface area contributed by atoms with Gasteiger partial charge in [0.05, 0.1) is 33.9 Å². The average molecular weight is 864 g/mol. The van der Waals surface area contributed by atoms with Crippen LogP contribution < -0.4 is 4.89 Å². The highest BCUT2D eigenvalue weighted by atomic mass is 31.2. The van der Waals surface area contributed by atoms with E-state index in [1.165, 1.54) is 30.4 Å². The summed E-state index contributed by atoms with van der Waals surface area (Å²) in [4.78, 5) is 37.7. The second-order valence-electron chi connectivity index (χ2n) is 16.8. The molecule has 0 amide bonds. The van der Waals surface area contributed by atoms with Gasteiger partial charge in [-0.15, -0.1) is 0 Å². The second-order valence-corrected chi connectivity index (χ2v) is 18.2. The summed E-state index contributed by atoms with van der Waals surface area (Å²) in [6, 6.07) is 0. The number of furan rings is 1. The van der Waals surface area contributed by atoms with E-state index in [0.29, 0.717) is 30.3 Å². The molecule has 1 heterocycles. The maximum absolute atomic E-state index is 12.8. The number of aliphatic hydroxyl groups excluding tert-OH is 1. The van der Waals surface area contributed by atoms with Gasteiger partial charge in [0.25, 0.3) is 7.82 Å². The molecule has 0 fully saturated rings. The number of unbranched alkanes of at least 4 members (excludes halogenated alkanes) is 8. The van der Waals surface area contributed by atoms with Crippen LogP contribution in [0.4, 0.5) is 0 Å². The highest BCUT2D eigenvalue weighted by Crippen LogP contribution is 2.38. The van der Waals surface area contributed by atoms with Crippen molar-refractivity contribution < 1.29 is 51.6 Å². The number of ether oxygens (including phenoxy) is 2. The molecule has 0 aliphatic carbocycles. The third kappa shape index (κ3) is 30.3. The molecule has 0 bridgehead atoms. The van der Waals surface area contributed by atoms with Gasteiger partial charge in [0.15, 0.2) is 6.10 Å². The first-order valence-corrected chi connectivity index (χ1v) is 24.2. The summed E-state index contributed by atoms with van der Waals surface area (Å²) >= 11 is 0. The Morgan fingerprint density at radius 2 is 1.25 bits per heavy atom. The molecule has 1 aromatic heterocycles. The van der Waals surface area contributed by atoms with E-state index >= 15 is 0 Å². The van der Waals surface area contributed by atoms with Gasteiger partial charge in [0.2, 0.25) is 0 Å². The fraction of sp³-hybridized carbons (Fsp3) is 0.708. The quantitative estimate of drug-likeness (QED) is 0.0226. The van der Waals surface area contributed by atoms with E-state index in [9.17, 15) is 24.2 Å². The Balaban J connectivity index is 2.42. The number of phosphoric acid groups is 1. The van der Waals surface area contributed by atoms with E-state index < -0.39 is 32.5 Å². The third-order valence-electron chi connectivity index (χ3n) is 10.2. The van der Waals surface area contributed by atoms with E-state index in [1.807, 2.05) is 34.1 Å². The number of rotatable bonds is 37. The first kappa shape index (κ1) is 55.2. The van der Waals surface area contributed by atoms with Crippen molar-refractivity contribution in [2.45, 2.75) is 175 Å². The van der Waals surface area contributed by atoms with Gasteiger partial charge < -0.3 is 37.4 Å². The molecule has 3 atom stereocenters. The van der Waals surface area contributed by atoms with Crippen molar-refractivity contribution in [3.63, 3.8) is 0 Å². The lowest BCUT2D eigenvalue weighted by Crippen LogP contribution is -2.37. The summed E-state index contributed by atoms with van der Waals surface area (Å²) < 4.78 is 40.1. The van der Waals surface area contributed by atoms with Crippen LogP contribution in [-0.2, 0) is 45.5 Å². The van der Waals surface area contributed by atoms with Crippen LogP contribution in [0.15, 0.2) is 53.0 Å². The lowest BCUT2D eigenvalue weighted by Gasteiger charge is -2.28. The van der Waals surface area contributed by atoms with E-state index in [1.54, 1.807) is 0 Å². The number of carbonyl (C=O) groups excluding carboxylic acids is 2. The van der Waals surface area contributed by atoms with Gasteiger partial charge in [0.1, 0.15) is 31.3 Å². The number of hydrogen-bond donors (Lipinski definition) is 1. The molecule has 60 heavy (non-hydrogen) atoms. The number of carbonyl (C=O) groups is 2. The minimum Gasteiger partial charge on any atom is -0.756 e. The lowest BCUT2D eigenvalue weighted by atomic mass is 10.0. The number of aryl methyl sites for hydroxylation is 2. The molecule has 0 radical (unpaired) electrons. The Hall–Kier alpha value is -2.79. The van der Waals surface area contributed by atoms with Crippen LogP contribution in [0.2, 0.25) is 0 Å². The van der Waals surface area contributed by atoms with Gasteiger partial charge >= 0.3 is 11.9 Å². The van der Waals surface area contributed by atoms with E-state index in [2.05, 4.69) is 63.3 Å². The molecule has 0 spiro atoms. The monoisotopic (exact) mass is 864 g/mol. The van der Waals surface area contributed by atoms with Crippen LogP contribution in [0.3, 0.4) is 0 Å². The zero-order chi connectivity index (χ0) is 44.5. The number of hydrogen-bond acceptors (Lipinski definition) is 10. The fourth-order valence-electron chi connectivity index (χ4n) is 6.16. The highest BCUT2D eigenvalue weighted by Gasteiger charge is 2.22. The van der Waals surface area contributed by atoms with Gasteiger partial charge in [-0.3, -0.25) is 14.2 Å². The predicted molar refractivity (Wildman–Crippen MR) is 240 cm³/mol. The van der Waals surface area contributed by atoms with Crippen LogP contribution in [0, 0.1) is 13.8 Å². The number of phosphoric ester groups is 1. The molecule has 1 N–H and O–H groups in total. The van der Waals surface area contributed by atoms with Gasteiger partial charge in [-0.2, -0.15) is 0 Å². The summed E-state index contributed by atoms with van der Waals surface area (Å²) in [5.74, 6) is 1.30. The smallest absolute Gasteiger partial charge is 0.306 e. The minimum atomic E-state index is -4.67. The summed E-state index contributed by atoms with van der Waals surface area (Å²) in [6.45, 7) is 8.10. The van der Waals surface area contributed by atoms with Crippen molar-refractivity contribution >= 4 is 19.8 Å². The molecule has 0 saturated heterocycles. The molecule has 0 aromatic carbocycles. The summed E-state index contributed by atoms with van der Waals surface area (Å²) in [7, 11) is 1.08. The van der Waals surface area contributed by atoms with Gasteiger partial charge in [-0.05, 0) is 95.6 Å². The molecule has 1 rings (SSSR count). The Labute approximate surface area is 363 Å². The van der Waals surface area contributed by atoms with Crippen molar-refractivity contribution in [3.8, 4) is 0 Å². The third-order valence-corrected chi connectivity index (χ3v) is 11.2. The Kier molecular flexibility index (Phi) is 31.1.